The van der Waals surface area contributed by atoms with Crippen molar-refractivity contribution in [3.8, 4) is 0 Å². The van der Waals surface area contributed by atoms with Crippen molar-refractivity contribution in [1.82, 2.24) is 5.32 Å². The van der Waals surface area contributed by atoms with Gasteiger partial charge in [0.1, 0.15) is 0 Å². The molecule has 1 amide bonds. The summed E-state index contributed by atoms with van der Waals surface area (Å²) in [6.45, 7) is 2.44. The summed E-state index contributed by atoms with van der Waals surface area (Å²) in [5, 5.41) is 9.48. The van der Waals surface area contributed by atoms with Gasteiger partial charge in [-0.1, -0.05) is 25.1 Å². The average molecular weight is 190 g/mol. The average Bonchev–Trinajstić information content (AvgIpc) is 2.05. The molecule has 0 aliphatic rings. The van der Waals surface area contributed by atoms with Gasteiger partial charge >= 0.3 is 6.09 Å². The smallest absolute Gasteiger partial charge is 0.413 e. The Kier molecular flexibility index (Phi) is 6.55. The van der Waals surface area contributed by atoms with Crippen molar-refractivity contribution in [2.45, 2.75) is 19.8 Å². The maximum Gasteiger partial charge on any atom is 0.413 e. The van der Waals surface area contributed by atoms with E-state index in [0.29, 0.717) is 6.61 Å². The molecule has 2 N–H and O–H groups in total. The van der Waals surface area contributed by atoms with Gasteiger partial charge in [-0.3, -0.25) is 10.7 Å². The van der Waals surface area contributed by atoms with Crippen LogP contribution in [0, 0.1) is 5.41 Å². The first kappa shape index (κ1) is 11.3. The van der Waals surface area contributed by atoms with Crippen molar-refractivity contribution < 1.29 is 9.53 Å². The first-order valence-corrected chi connectivity index (χ1v) is 4.99. The number of amidine groups is 1. The van der Waals surface area contributed by atoms with Crippen LogP contribution in [-0.2, 0) is 4.74 Å². The number of unbranched alkanes of at least 4 members (excludes halogenated alkanes) is 1. The molecule has 0 heterocycles. The van der Waals surface area contributed by atoms with Crippen molar-refractivity contribution >= 4 is 23.0 Å². The summed E-state index contributed by atoms with van der Waals surface area (Å²) in [5.74, 6) is 0. The zero-order valence-electron chi connectivity index (χ0n) is 7.35. The minimum absolute atomic E-state index is 0.108. The third-order valence-electron chi connectivity index (χ3n) is 1.15. The molecule has 0 fully saturated rings. The maximum atomic E-state index is 10.8. The Balaban J connectivity index is 3.40. The van der Waals surface area contributed by atoms with E-state index in [2.05, 4.69) is 5.32 Å². The van der Waals surface area contributed by atoms with Crippen molar-refractivity contribution in [3.63, 3.8) is 0 Å². The van der Waals surface area contributed by atoms with E-state index >= 15 is 0 Å². The highest BCUT2D eigenvalue weighted by Gasteiger charge is 2.02. The zero-order chi connectivity index (χ0) is 9.40. The predicted molar refractivity (Wildman–Crippen MR) is 50.6 cm³/mol. The fourth-order valence-corrected chi connectivity index (χ4v) is 0.674. The molecule has 0 aliphatic carbocycles. The van der Waals surface area contributed by atoms with Gasteiger partial charge in [0.25, 0.3) is 0 Å². The number of thioether (sulfide) groups is 1. The lowest BCUT2D eigenvalue weighted by atomic mass is 10.4. The second kappa shape index (κ2) is 6.97. The number of alkyl carbamates (subject to hydrolysis) is 1. The molecule has 12 heavy (non-hydrogen) atoms. The Morgan fingerprint density at radius 2 is 2.33 bits per heavy atom. The number of hydrogen-bond acceptors (Lipinski definition) is 4. The highest BCUT2D eigenvalue weighted by Crippen LogP contribution is 1.92. The quantitative estimate of drug-likeness (QED) is 0.405. The lowest BCUT2D eigenvalue weighted by molar-refractivity contribution is 0.150. The molecule has 0 aromatic heterocycles. The van der Waals surface area contributed by atoms with Crippen LogP contribution in [0.2, 0.25) is 0 Å². The van der Waals surface area contributed by atoms with Crippen LogP contribution < -0.4 is 5.32 Å². The summed E-state index contributed by atoms with van der Waals surface area (Å²) in [7, 11) is 0. The first-order valence-electron chi connectivity index (χ1n) is 3.77. The Hall–Kier alpha value is -0.710. The number of nitrogens with one attached hydrogen (secondary N) is 2. The number of ether oxygens (including phenoxy) is 1. The number of carbonyl (C=O) groups excluding carboxylic acids is 1. The molecule has 0 unspecified atom stereocenters. The summed E-state index contributed by atoms with van der Waals surface area (Å²) in [4.78, 5) is 10.8. The summed E-state index contributed by atoms with van der Waals surface area (Å²) in [6.07, 6.45) is 3.03. The van der Waals surface area contributed by atoms with Gasteiger partial charge in [0.2, 0.25) is 0 Å². The van der Waals surface area contributed by atoms with E-state index in [1.165, 1.54) is 0 Å². The molecule has 0 rings (SSSR count). The SMILES string of the molecule is CCCCOC(=O)NC(=N)SC. The van der Waals surface area contributed by atoms with E-state index < -0.39 is 6.09 Å². The van der Waals surface area contributed by atoms with Crippen LogP contribution in [0.15, 0.2) is 0 Å². The summed E-state index contributed by atoms with van der Waals surface area (Å²) in [6, 6.07) is 0. The van der Waals surface area contributed by atoms with Crippen LogP contribution in [0.4, 0.5) is 4.79 Å². The minimum Gasteiger partial charge on any atom is -0.449 e. The molecular formula is C7H14N2O2S. The standard InChI is InChI=1S/C7H14N2O2S/c1-3-4-5-11-7(10)9-6(8)12-2/h3-5H2,1-2H3,(H2,8,9,10). The number of carbonyl (C=O) groups is 1. The Bertz CT molecular complexity index is 161. The van der Waals surface area contributed by atoms with E-state index in [1.807, 2.05) is 6.92 Å². The summed E-state index contributed by atoms with van der Waals surface area (Å²) < 4.78 is 4.75. The molecule has 5 heteroatoms. The van der Waals surface area contributed by atoms with E-state index in [4.69, 9.17) is 10.1 Å². The van der Waals surface area contributed by atoms with Gasteiger partial charge in [-0.2, -0.15) is 0 Å². The lowest BCUT2D eigenvalue weighted by Gasteiger charge is -2.04. The molecule has 0 aliphatic heterocycles. The predicted octanol–water partition coefficient (Wildman–Crippen LogP) is 1.81. The lowest BCUT2D eigenvalue weighted by Crippen LogP contribution is -2.28. The Labute approximate surface area is 76.6 Å². The van der Waals surface area contributed by atoms with E-state index in [0.717, 1.165) is 24.6 Å². The molecule has 4 nitrogen and oxygen atoms in total. The highest BCUT2D eigenvalue weighted by atomic mass is 32.2. The molecule has 0 atom stereocenters. The van der Waals surface area contributed by atoms with Gasteiger partial charge < -0.3 is 4.74 Å². The Morgan fingerprint density at radius 1 is 1.67 bits per heavy atom. The van der Waals surface area contributed by atoms with Crippen molar-refractivity contribution in [3.05, 3.63) is 0 Å². The van der Waals surface area contributed by atoms with Gasteiger partial charge in [0.05, 0.1) is 6.61 Å². The molecule has 0 saturated carbocycles. The maximum absolute atomic E-state index is 10.8. The fourth-order valence-electron chi connectivity index (χ4n) is 0.489. The molecule has 0 aromatic carbocycles. The topological polar surface area (TPSA) is 62.2 Å². The van der Waals surface area contributed by atoms with Crippen LogP contribution in [0.3, 0.4) is 0 Å². The normalized spacial score (nSPS) is 9.17. The zero-order valence-corrected chi connectivity index (χ0v) is 8.16. The van der Waals surface area contributed by atoms with Gasteiger partial charge in [0.15, 0.2) is 5.17 Å². The molecular weight excluding hydrogens is 176 g/mol. The third kappa shape index (κ3) is 6.03. The van der Waals surface area contributed by atoms with E-state index in [-0.39, 0.29) is 5.17 Å². The van der Waals surface area contributed by atoms with E-state index in [9.17, 15) is 4.79 Å². The summed E-state index contributed by atoms with van der Waals surface area (Å²) in [5.41, 5.74) is 0. The van der Waals surface area contributed by atoms with Crippen molar-refractivity contribution in [1.29, 1.82) is 5.41 Å². The highest BCUT2D eigenvalue weighted by molar-refractivity contribution is 8.13. The first-order chi connectivity index (χ1) is 5.70. The number of hydrogen-bond donors (Lipinski definition) is 2. The molecule has 0 radical (unpaired) electrons. The molecule has 0 saturated heterocycles. The van der Waals surface area contributed by atoms with Gasteiger partial charge in [0, 0.05) is 0 Å². The third-order valence-corrected chi connectivity index (χ3v) is 1.66. The van der Waals surface area contributed by atoms with Crippen molar-refractivity contribution in [2.75, 3.05) is 12.9 Å². The van der Waals surface area contributed by atoms with Crippen molar-refractivity contribution in [2.24, 2.45) is 0 Å². The second-order valence-electron chi connectivity index (χ2n) is 2.15. The molecule has 0 bridgehead atoms. The van der Waals surface area contributed by atoms with Gasteiger partial charge in [-0.25, -0.2) is 4.79 Å². The molecule has 0 aromatic rings. The Morgan fingerprint density at radius 3 is 2.83 bits per heavy atom. The molecule has 70 valence electrons. The number of amides is 1. The monoisotopic (exact) mass is 190 g/mol. The van der Waals surface area contributed by atoms with Crippen LogP contribution in [0.5, 0.6) is 0 Å². The second-order valence-corrected chi connectivity index (χ2v) is 2.96. The van der Waals surface area contributed by atoms with E-state index in [1.54, 1.807) is 6.26 Å². The fraction of sp³-hybridized carbons (Fsp3) is 0.714. The largest absolute Gasteiger partial charge is 0.449 e. The molecule has 0 spiro atoms. The number of rotatable bonds is 3. The van der Waals surface area contributed by atoms with Crippen LogP contribution >= 0.6 is 11.8 Å². The van der Waals surface area contributed by atoms with Crippen LogP contribution in [0.1, 0.15) is 19.8 Å². The summed E-state index contributed by atoms with van der Waals surface area (Å²) >= 11 is 1.16. The van der Waals surface area contributed by atoms with Gasteiger partial charge in [-0.15, -0.1) is 0 Å². The van der Waals surface area contributed by atoms with Crippen LogP contribution in [-0.4, -0.2) is 24.1 Å². The minimum atomic E-state index is -0.539. The van der Waals surface area contributed by atoms with Crippen LogP contribution in [0.25, 0.3) is 0 Å². The van der Waals surface area contributed by atoms with Gasteiger partial charge in [-0.05, 0) is 12.7 Å².